The molecular weight excluding hydrogens is 500 g/mol. The molecule has 1 aromatic carbocycles. The molecule has 3 aliphatic rings. The fourth-order valence-corrected chi connectivity index (χ4v) is 9.04. The summed E-state index contributed by atoms with van der Waals surface area (Å²) in [5, 5.41) is 11.5. The predicted molar refractivity (Wildman–Crippen MR) is 134 cm³/mol. The molecule has 0 aromatic heterocycles. The third kappa shape index (κ3) is 5.25. The van der Waals surface area contributed by atoms with E-state index in [1.165, 1.54) is 42.4 Å². The second-order valence-corrected chi connectivity index (χ2v) is 12.8. The maximum Gasteiger partial charge on any atom is 0.302 e. The third-order valence-corrected chi connectivity index (χ3v) is 10.5. The van der Waals surface area contributed by atoms with E-state index in [0.717, 1.165) is 12.8 Å². The maximum atomic E-state index is 13.6. The number of esters is 2. The van der Waals surface area contributed by atoms with Gasteiger partial charge in [-0.15, -0.1) is 0 Å². The zero-order valence-corrected chi connectivity index (χ0v) is 22.4. The topological polar surface area (TPSA) is 133 Å². The van der Waals surface area contributed by atoms with Gasteiger partial charge in [-0.25, -0.2) is 8.42 Å². The van der Waals surface area contributed by atoms with Gasteiger partial charge in [-0.3, -0.25) is 19.7 Å². The van der Waals surface area contributed by atoms with E-state index in [2.05, 4.69) is 6.92 Å². The van der Waals surface area contributed by atoms with Crippen LogP contribution in [-0.4, -0.2) is 54.9 Å². The van der Waals surface area contributed by atoms with E-state index in [-0.39, 0.29) is 54.0 Å². The van der Waals surface area contributed by atoms with Crippen molar-refractivity contribution >= 4 is 27.6 Å². The van der Waals surface area contributed by atoms with Gasteiger partial charge >= 0.3 is 11.9 Å². The molecule has 1 aromatic rings. The molecule has 4 rings (SSSR count). The van der Waals surface area contributed by atoms with E-state index < -0.39 is 26.0 Å². The van der Waals surface area contributed by atoms with Crippen LogP contribution in [0.3, 0.4) is 0 Å². The van der Waals surface area contributed by atoms with E-state index in [1.807, 2.05) is 0 Å². The molecule has 10 nitrogen and oxygen atoms in total. The van der Waals surface area contributed by atoms with Gasteiger partial charge in [0.15, 0.2) is 4.90 Å². The molecule has 1 spiro atoms. The number of benzene rings is 1. The van der Waals surface area contributed by atoms with Crippen LogP contribution in [0, 0.1) is 33.3 Å². The summed E-state index contributed by atoms with van der Waals surface area (Å²) in [6.45, 7) is 5.36. The summed E-state index contributed by atoms with van der Waals surface area (Å²) in [5.74, 6) is -0.223. The summed E-state index contributed by atoms with van der Waals surface area (Å²) in [4.78, 5) is 34.7. The van der Waals surface area contributed by atoms with Gasteiger partial charge in [-0.05, 0) is 62.8 Å². The first-order valence-electron chi connectivity index (χ1n) is 13.0. The van der Waals surface area contributed by atoms with E-state index in [0.29, 0.717) is 38.0 Å². The molecule has 1 saturated heterocycles. The highest BCUT2D eigenvalue weighted by Gasteiger charge is 2.62. The number of nitrogens with zero attached hydrogens (tertiary/aromatic N) is 2. The SMILES string of the molecule is CC(=O)OC1C[C@H](C)C[C@H]2C[C@H](OC(C)=O)[C@@H]3CCCN(S(=O)(=O)c4ccccc4[N+](=O)[O-])CCC[C@]123. The molecule has 0 bridgehead atoms. The second-order valence-electron chi connectivity index (χ2n) is 10.8. The highest BCUT2D eigenvalue weighted by atomic mass is 32.2. The van der Waals surface area contributed by atoms with Crippen LogP contribution in [0.15, 0.2) is 29.2 Å². The Kier molecular flexibility index (Phi) is 7.94. The Labute approximate surface area is 217 Å². The standard InChI is InChI=1S/C26H36N2O8S/c1-17-14-20-16-23(35-18(2)29)21-8-6-12-27(13-7-11-26(20,21)25(15-17)36-19(3)30)37(33,34)24-10-5-4-9-22(24)28(31)32/h4-5,9-10,17,20-21,23,25H,6-8,11-16H2,1-3H3/t17-,20+,21+,23+,25?,26+/m1/s1. The first-order valence-corrected chi connectivity index (χ1v) is 14.5. The molecule has 2 aliphatic carbocycles. The molecule has 1 heterocycles. The molecule has 2 saturated carbocycles. The van der Waals surface area contributed by atoms with Crippen molar-refractivity contribution in [2.75, 3.05) is 13.1 Å². The minimum absolute atomic E-state index is 0.0630. The van der Waals surface area contributed by atoms with Gasteiger partial charge in [-0.1, -0.05) is 19.1 Å². The minimum atomic E-state index is -4.10. The lowest BCUT2D eigenvalue weighted by atomic mass is 9.57. The molecule has 0 radical (unpaired) electrons. The van der Waals surface area contributed by atoms with Gasteiger partial charge in [0.1, 0.15) is 12.2 Å². The molecule has 3 fully saturated rings. The molecule has 37 heavy (non-hydrogen) atoms. The second kappa shape index (κ2) is 10.7. The molecule has 1 aliphatic heterocycles. The van der Waals surface area contributed by atoms with Gasteiger partial charge < -0.3 is 9.47 Å². The van der Waals surface area contributed by atoms with E-state index in [9.17, 15) is 28.1 Å². The number of sulfonamides is 1. The zero-order chi connectivity index (χ0) is 27.0. The Balaban J connectivity index is 1.68. The summed E-state index contributed by atoms with van der Waals surface area (Å²) in [5.41, 5.74) is -0.847. The van der Waals surface area contributed by atoms with Crippen LogP contribution >= 0.6 is 0 Å². The number of carbonyl (C=O) groups excluding carboxylic acids is 2. The Morgan fingerprint density at radius 3 is 2.41 bits per heavy atom. The molecule has 6 atom stereocenters. The molecule has 204 valence electrons. The normalized spacial score (nSPS) is 32.7. The number of nitro groups is 1. The van der Waals surface area contributed by atoms with Gasteiger partial charge in [-0.2, -0.15) is 4.31 Å². The first kappa shape index (κ1) is 27.5. The van der Waals surface area contributed by atoms with Crippen LogP contribution in [-0.2, 0) is 29.1 Å². The average Bonchev–Trinajstić information content (AvgIpc) is 3.14. The molecule has 11 heteroatoms. The van der Waals surface area contributed by atoms with Gasteiger partial charge in [0.2, 0.25) is 10.0 Å². The lowest BCUT2D eigenvalue weighted by Gasteiger charge is -2.50. The number of rotatable bonds is 5. The monoisotopic (exact) mass is 536 g/mol. The van der Waals surface area contributed by atoms with Crippen LogP contribution in [0.5, 0.6) is 0 Å². The summed E-state index contributed by atoms with van der Waals surface area (Å²) in [6.07, 6.45) is 3.95. The van der Waals surface area contributed by atoms with Crippen molar-refractivity contribution in [3.8, 4) is 0 Å². The highest BCUT2D eigenvalue weighted by molar-refractivity contribution is 7.89. The van der Waals surface area contributed by atoms with Crippen LogP contribution < -0.4 is 0 Å². The van der Waals surface area contributed by atoms with Crippen LogP contribution in [0.2, 0.25) is 0 Å². The number of para-hydroxylation sites is 1. The fraction of sp³-hybridized carbons (Fsp3) is 0.692. The van der Waals surface area contributed by atoms with Gasteiger partial charge in [0, 0.05) is 44.3 Å². The minimum Gasteiger partial charge on any atom is -0.462 e. The Morgan fingerprint density at radius 1 is 1.05 bits per heavy atom. The van der Waals surface area contributed by atoms with Crippen molar-refractivity contribution in [2.45, 2.75) is 82.8 Å². The lowest BCUT2D eigenvalue weighted by Crippen LogP contribution is -2.51. The summed E-state index contributed by atoms with van der Waals surface area (Å²) < 4.78 is 40.2. The molecule has 1 unspecified atom stereocenters. The Bertz CT molecular complexity index is 1150. The maximum absolute atomic E-state index is 13.6. The van der Waals surface area contributed by atoms with E-state index in [1.54, 1.807) is 0 Å². The van der Waals surface area contributed by atoms with Gasteiger partial charge in [0.25, 0.3) is 5.69 Å². The average molecular weight is 537 g/mol. The lowest BCUT2D eigenvalue weighted by molar-refractivity contribution is -0.387. The summed E-state index contributed by atoms with van der Waals surface area (Å²) >= 11 is 0. The molecule has 0 N–H and O–H groups in total. The van der Waals surface area contributed by atoms with Crippen LogP contribution in [0.1, 0.15) is 65.7 Å². The smallest absolute Gasteiger partial charge is 0.302 e. The Hall–Kier alpha value is -2.53. The summed E-state index contributed by atoms with van der Waals surface area (Å²) in [7, 11) is -4.10. The summed E-state index contributed by atoms with van der Waals surface area (Å²) in [6, 6.07) is 5.42. The van der Waals surface area contributed by atoms with Crippen LogP contribution in [0.25, 0.3) is 0 Å². The highest BCUT2D eigenvalue weighted by Crippen LogP contribution is 2.62. The number of nitro benzene ring substituents is 1. The van der Waals surface area contributed by atoms with Crippen molar-refractivity contribution in [3.05, 3.63) is 34.4 Å². The van der Waals surface area contributed by atoms with E-state index in [4.69, 9.17) is 9.47 Å². The third-order valence-electron chi connectivity index (χ3n) is 8.56. The van der Waals surface area contributed by atoms with Crippen molar-refractivity contribution in [1.29, 1.82) is 0 Å². The molecular formula is C26H36N2O8S. The van der Waals surface area contributed by atoms with Crippen molar-refractivity contribution in [1.82, 2.24) is 4.31 Å². The van der Waals surface area contributed by atoms with Crippen LogP contribution in [0.4, 0.5) is 5.69 Å². The largest absolute Gasteiger partial charge is 0.462 e. The number of hydrogen-bond donors (Lipinski definition) is 0. The van der Waals surface area contributed by atoms with E-state index >= 15 is 0 Å². The van der Waals surface area contributed by atoms with Crippen molar-refractivity contribution in [3.63, 3.8) is 0 Å². The quantitative estimate of drug-likeness (QED) is 0.312. The predicted octanol–water partition coefficient (Wildman–Crippen LogP) is 4.08. The first-order chi connectivity index (χ1) is 17.5. The fourth-order valence-electron chi connectivity index (χ4n) is 7.37. The number of hydrogen-bond acceptors (Lipinski definition) is 8. The van der Waals surface area contributed by atoms with Crippen molar-refractivity contribution in [2.24, 2.45) is 23.2 Å². The number of ether oxygens (including phenoxy) is 2. The molecule has 0 amide bonds. The number of carbonyl (C=O) groups is 2. The van der Waals surface area contributed by atoms with Crippen molar-refractivity contribution < 1.29 is 32.4 Å². The van der Waals surface area contributed by atoms with Gasteiger partial charge in [0.05, 0.1) is 4.92 Å². The Morgan fingerprint density at radius 2 is 1.73 bits per heavy atom. The zero-order valence-electron chi connectivity index (χ0n) is 21.6.